The van der Waals surface area contributed by atoms with Crippen LogP contribution < -0.4 is 15.5 Å². The standard InChI is InChI=1S/C21H23ClN4O2/c1-14-5-3-4-6-17(14)23-20(28)26-11-9-21(10-12-26)24-19(27)16-13-15(22)7-8-18(16)25(21)2/h3-8,13H,9-12H2,1-2H3,(H,23,28)(H,24,27). The molecule has 0 aliphatic carbocycles. The van der Waals surface area contributed by atoms with Crippen LogP contribution in [0.2, 0.25) is 5.02 Å². The number of hydrogen-bond acceptors (Lipinski definition) is 3. The molecule has 2 aromatic carbocycles. The third kappa shape index (κ3) is 3.18. The van der Waals surface area contributed by atoms with Gasteiger partial charge in [-0.05, 0) is 36.8 Å². The van der Waals surface area contributed by atoms with Crippen LogP contribution in [0.25, 0.3) is 0 Å². The number of nitrogens with zero attached hydrogens (tertiary/aromatic N) is 2. The number of likely N-dealkylation sites (tertiary alicyclic amines) is 1. The van der Waals surface area contributed by atoms with Gasteiger partial charge in [-0.3, -0.25) is 4.79 Å². The number of aryl methyl sites for hydroxylation is 1. The average Bonchev–Trinajstić information content (AvgIpc) is 2.68. The highest BCUT2D eigenvalue weighted by molar-refractivity contribution is 6.31. The van der Waals surface area contributed by atoms with E-state index in [1.165, 1.54) is 0 Å². The third-order valence-electron chi connectivity index (χ3n) is 5.82. The number of nitrogens with one attached hydrogen (secondary N) is 2. The van der Waals surface area contributed by atoms with E-state index < -0.39 is 5.66 Å². The molecule has 0 bridgehead atoms. The Morgan fingerprint density at radius 2 is 1.89 bits per heavy atom. The van der Waals surface area contributed by atoms with E-state index in [1.807, 2.05) is 44.3 Å². The normalized spacial score (nSPS) is 17.9. The van der Waals surface area contributed by atoms with Gasteiger partial charge in [-0.25, -0.2) is 4.79 Å². The van der Waals surface area contributed by atoms with Crippen LogP contribution in [-0.2, 0) is 0 Å². The number of benzene rings is 2. The monoisotopic (exact) mass is 398 g/mol. The lowest BCUT2D eigenvalue weighted by Gasteiger charge is -2.51. The summed E-state index contributed by atoms with van der Waals surface area (Å²) in [7, 11) is 1.98. The average molecular weight is 399 g/mol. The number of halogens is 1. The molecule has 0 radical (unpaired) electrons. The van der Waals surface area contributed by atoms with Gasteiger partial charge in [0, 0.05) is 43.7 Å². The molecule has 3 amide bonds. The summed E-state index contributed by atoms with van der Waals surface area (Å²) in [6, 6.07) is 13.0. The van der Waals surface area contributed by atoms with E-state index in [9.17, 15) is 9.59 Å². The van der Waals surface area contributed by atoms with Crippen LogP contribution in [-0.4, -0.2) is 42.6 Å². The lowest BCUT2D eigenvalue weighted by molar-refractivity contribution is 0.0815. The number of amides is 3. The maximum atomic E-state index is 12.7. The minimum absolute atomic E-state index is 0.110. The second-order valence-electron chi connectivity index (χ2n) is 7.44. The number of rotatable bonds is 1. The lowest BCUT2D eigenvalue weighted by Crippen LogP contribution is -2.67. The van der Waals surface area contributed by atoms with Gasteiger partial charge in [-0.1, -0.05) is 29.8 Å². The molecule has 1 fully saturated rings. The summed E-state index contributed by atoms with van der Waals surface area (Å²) in [5, 5.41) is 6.68. The van der Waals surface area contributed by atoms with Gasteiger partial charge in [0.25, 0.3) is 5.91 Å². The molecule has 2 aliphatic rings. The Morgan fingerprint density at radius 3 is 2.61 bits per heavy atom. The Morgan fingerprint density at radius 1 is 1.18 bits per heavy atom. The second-order valence-corrected chi connectivity index (χ2v) is 7.87. The quantitative estimate of drug-likeness (QED) is 0.766. The summed E-state index contributed by atoms with van der Waals surface area (Å²) in [5.74, 6) is -0.117. The van der Waals surface area contributed by atoms with Crippen molar-refractivity contribution in [2.45, 2.75) is 25.4 Å². The Balaban J connectivity index is 1.48. The van der Waals surface area contributed by atoms with Crippen molar-refractivity contribution in [2.24, 2.45) is 0 Å². The largest absolute Gasteiger partial charge is 0.351 e. The van der Waals surface area contributed by atoms with E-state index in [0.717, 1.165) is 16.9 Å². The van der Waals surface area contributed by atoms with Crippen molar-refractivity contribution in [3.8, 4) is 0 Å². The first kappa shape index (κ1) is 18.6. The van der Waals surface area contributed by atoms with Crippen molar-refractivity contribution in [3.05, 3.63) is 58.6 Å². The molecule has 28 heavy (non-hydrogen) atoms. The molecule has 0 atom stereocenters. The molecule has 4 rings (SSSR count). The summed E-state index contributed by atoms with van der Waals surface area (Å²) in [4.78, 5) is 29.2. The number of hydrogen-bond donors (Lipinski definition) is 2. The fourth-order valence-electron chi connectivity index (χ4n) is 4.02. The molecule has 146 valence electrons. The van der Waals surface area contributed by atoms with E-state index in [1.54, 1.807) is 17.0 Å². The minimum atomic E-state index is -0.489. The van der Waals surface area contributed by atoms with Crippen LogP contribution in [0.15, 0.2) is 42.5 Å². The minimum Gasteiger partial charge on any atom is -0.351 e. The van der Waals surface area contributed by atoms with Crippen LogP contribution in [0.3, 0.4) is 0 Å². The summed E-state index contributed by atoms with van der Waals surface area (Å²) in [6.07, 6.45) is 1.30. The fourth-order valence-corrected chi connectivity index (χ4v) is 4.20. The molecule has 0 aromatic heterocycles. The Hall–Kier alpha value is -2.73. The Bertz CT molecular complexity index is 938. The van der Waals surface area contributed by atoms with E-state index in [4.69, 9.17) is 11.6 Å². The van der Waals surface area contributed by atoms with Gasteiger partial charge in [0.15, 0.2) is 0 Å². The lowest BCUT2D eigenvalue weighted by atomic mass is 9.90. The highest BCUT2D eigenvalue weighted by Crippen LogP contribution is 2.37. The molecule has 2 aliphatic heterocycles. The SMILES string of the molecule is Cc1ccccc1NC(=O)N1CCC2(CC1)NC(=O)c1cc(Cl)ccc1N2C. The van der Waals surface area contributed by atoms with Crippen LogP contribution in [0, 0.1) is 6.92 Å². The van der Waals surface area contributed by atoms with Gasteiger partial charge < -0.3 is 20.4 Å². The maximum absolute atomic E-state index is 12.7. The number of piperidine rings is 1. The number of anilines is 2. The van der Waals surface area contributed by atoms with Crippen LogP contribution in [0.1, 0.15) is 28.8 Å². The first-order valence-corrected chi connectivity index (χ1v) is 9.75. The molecule has 7 heteroatoms. The number of carbonyl (C=O) groups is 2. The molecule has 1 saturated heterocycles. The summed E-state index contributed by atoms with van der Waals surface area (Å²) in [5.41, 5.74) is 2.81. The van der Waals surface area contributed by atoms with Crippen molar-refractivity contribution in [1.29, 1.82) is 0 Å². The number of para-hydroxylation sites is 1. The van der Waals surface area contributed by atoms with Crippen molar-refractivity contribution >= 4 is 34.9 Å². The van der Waals surface area contributed by atoms with E-state index in [0.29, 0.717) is 36.5 Å². The van der Waals surface area contributed by atoms with Crippen molar-refractivity contribution in [2.75, 3.05) is 30.4 Å². The third-order valence-corrected chi connectivity index (χ3v) is 6.05. The first-order valence-electron chi connectivity index (χ1n) is 9.37. The number of fused-ring (bicyclic) bond motifs is 1. The van der Waals surface area contributed by atoms with Gasteiger partial charge >= 0.3 is 6.03 Å². The van der Waals surface area contributed by atoms with Crippen molar-refractivity contribution in [3.63, 3.8) is 0 Å². The molecule has 0 saturated carbocycles. The molecular formula is C21H23ClN4O2. The van der Waals surface area contributed by atoms with E-state index in [2.05, 4.69) is 15.5 Å². The van der Waals surface area contributed by atoms with Crippen LogP contribution in [0.4, 0.5) is 16.2 Å². The molecule has 1 spiro atoms. The van der Waals surface area contributed by atoms with Crippen LogP contribution in [0.5, 0.6) is 0 Å². The van der Waals surface area contributed by atoms with Gasteiger partial charge in [0.05, 0.1) is 11.3 Å². The van der Waals surface area contributed by atoms with Crippen LogP contribution >= 0.6 is 11.6 Å². The van der Waals surface area contributed by atoms with E-state index in [-0.39, 0.29) is 11.9 Å². The Kier molecular flexibility index (Phi) is 4.67. The summed E-state index contributed by atoms with van der Waals surface area (Å²) >= 11 is 6.05. The highest BCUT2D eigenvalue weighted by atomic mass is 35.5. The maximum Gasteiger partial charge on any atom is 0.321 e. The second kappa shape index (κ2) is 7.02. The zero-order valence-electron chi connectivity index (χ0n) is 16.0. The fraction of sp³-hybridized carbons (Fsp3) is 0.333. The number of urea groups is 1. The smallest absolute Gasteiger partial charge is 0.321 e. The summed E-state index contributed by atoms with van der Waals surface area (Å²) < 4.78 is 0. The summed E-state index contributed by atoms with van der Waals surface area (Å²) in [6.45, 7) is 3.09. The molecular weight excluding hydrogens is 376 g/mol. The zero-order valence-corrected chi connectivity index (χ0v) is 16.7. The first-order chi connectivity index (χ1) is 13.4. The zero-order chi connectivity index (χ0) is 19.9. The predicted molar refractivity (Wildman–Crippen MR) is 111 cm³/mol. The molecule has 2 heterocycles. The van der Waals surface area contributed by atoms with Crippen molar-refractivity contribution in [1.82, 2.24) is 10.2 Å². The molecule has 6 nitrogen and oxygen atoms in total. The highest BCUT2D eigenvalue weighted by Gasteiger charge is 2.44. The van der Waals surface area contributed by atoms with Gasteiger partial charge in [-0.2, -0.15) is 0 Å². The van der Waals surface area contributed by atoms with Gasteiger partial charge in [-0.15, -0.1) is 0 Å². The van der Waals surface area contributed by atoms with E-state index >= 15 is 0 Å². The van der Waals surface area contributed by atoms with Gasteiger partial charge in [0.2, 0.25) is 0 Å². The van der Waals surface area contributed by atoms with Crippen molar-refractivity contribution < 1.29 is 9.59 Å². The molecule has 2 aromatic rings. The number of carbonyl (C=O) groups excluding carboxylic acids is 2. The predicted octanol–water partition coefficient (Wildman–Crippen LogP) is 3.85. The topological polar surface area (TPSA) is 64.7 Å². The Labute approximate surface area is 169 Å². The molecule has 2 N–H and O–H groups in total. The molecule has 0 unspecified atom stereocenters. The van der Waals surface area contributed by atoms with Gasteiger partial charge in [0.1, 0.15) is 5.66 Å².